The standard InChI is InChI=1S/C9H9N5O/c10-8-5-6(14-4-3-12-13-14)1-2-7(8)9(11)15/h1-5H,10H2,(H2,11,15). The number of benzene rings is 1. The number of carbonyl (C=O) groups excluding carboxylic acids is 1. The van der Waals surface area contributed by atoms with Gasteiger partial charge in [0.25, 0.3) is 5.91 Å². The number of carbonyl (C=O) groups is 1. The average molecular weight is 203 g/mol. The Balaban J connectivity index is 2.47. The predicted octanol–water partition coefficient (Wildman–Crippen LogP) is -0.0516. The van der Waals surface area contributed by atoms with Crippen molar-refractivity contribution in [3.05, 3.63) is 36.2 Å². The van der Waals surface area contributed by atoms with Crippen molar-refractivity contribution in [1.29, 1.82) is 0 Å². The van der Waals surface area contributed by atoms with Crippen LogP contribution in [0.4, 0.5) is 5.69 Å². The highest BCUT2D eigenvalue weighted by Crippen LogP contribution is 2.15. The molecule has 15 heavy (non-hydrogen) atoms. The fraction of sp³-hybridized carbons (Fsp3) is 0. The molecule has 0 radical (unpaired) electrons. The highest BCUT2D eigenvalue weighted by atomic mass is 16.1. The van der Waals surface area contributed by atoms with Gasteiger partial charge in [-0.05, 0) is 18.2 Å². The van der Waals surface area contributed by atoms with E-state index in [9.17, 15) is 4.79 Å². The Morgan fingerprint density at radius 1 is 1.40 bits per heavy atom. The van der Waals surface area contributed by atoms with E-state index in [2.05, 4.69) is 10.3 Å². The van der Waals surface area contributed by atoms with Gasteiger partial charge < -0.3 is 11.5 Å². The first-order valence-electron chi connectivity index (χ1n) is 4.24. The van der Waals surface area contributed by atoms with Gasteiger partial charge in [0, 0.05) is 5.69 Å². The summed E-state index contributed by atoms with van der Waals surface area (Å²) in [6.45, 7) is 0. The zero-order chi connectivity index (χ0) is 10.8. The van der Waals surface area contributed by atoms with Gasteiger partial charge in [-0.2, -0.15) is 0 Å². The molecule has 0 fully saturated rings. The lowest BCUT2D eigenvalue weighted by Crippen LogP contribution is -2.13. The minimum absolute atomic E-state index is 0.305. The van der Waals surface area contributed by atoms with E-state index in [1.165, 1.54) is 0 Å². The van der Waals surface area contributed by atoms with Gasteiger partial charge in [-0.3, -0.25) is 4.79 Å². The van der Waals surface area contributed by atoms with Crippen molar-refractivity contribution in [3.63, 3.8) is 0 Å². The summed E-state index contributed by atoms with van der Waals surface area (Å²) >= 11 is 0. The van der Waals surface area contributed by atoms with Gasteiger partial charge in [0.2, 0.25) is 0 Å². The van der Waals surface area contributed by atoms with E-state index in [1.807, 2.05) is 0 Å². The summed E-state index contributed by atoms with van der Waals surface area (Å²) in [7, 11) is 0. The highest BCUT2D eigenvalue weighted by molar-refractivity contribution is 5.98. The number of anilines is 1. The summed E-state index contributed by atoms with van der Waals surface area (Å²) < 4.78 is 1.54. The van der Waals surface area contributed by atoms with Gasteiger partial charge in [-0.25, -0.2) is 4.68 Å². The van der Waals surface area contributed by atoms with Crippen LogP contribution in [0.15, 0.2) is 30.6 Å². The summed E-state index contributed by atoms with van der Waals surface area (Å²) in [5, 5.41) is 7.46. The maximum Gasteiger partial charge on any atom is 0.250 e. The Morgan fingerprint density at radius 3 is 2.73 bits per heavy atom. The number of primary amides is 1. The lowest BCUT2D eigenvalue weighted by atomic mass is 10.1. The third-order valence-corrected chi connectivity index (χ3v) is 1.99. The minimum Gasteiger partial charge on any atom is -0.398 e. The van der Waals surface area contributed by atoms with Crippen molar-refractivity contribution >= 4 is 11.6 Å². The second-order valence-corrected chi connectivity index (χ2v) is 2.98. The number of nitrogens with zero attached hydrogens (tertiary/aromatic N) is 3. The van der Waals surface area contributed by atoms with Crippen LogP contribution in [-0.2, 0) is 0 Å². The Kier molecular flexibility index (Phi) is 2.09. The molecule has 0 spiro atoms. The number of aromatic nitrogens is 3. The molecule has 0 saturated carbocycles. The molecule has 0 atom stereocenters. The first kappa shape index (κ1) is 9.20. The van der Waals surface area contributed by atoms with Crippen LogP contribution in [0, 0.1) is 0 Å². The van der Waals surface area contributed by atoms with Gasteiger partial charge in [0.05, 0.1) is 23.6 Å². The van der Waals surface area contributed by atoms with E-state index in [4.69, 9.17) is 11.5 Å². The quantitative estimate of drug-likeness (QED) is 0.668. The number of nitrogens with two attached hydrogens (primary N) is 2. The van der Waals surface area contributed by atoms with Crippen LogP contribution in [0.5, 0.6) is 0 Å². The van der Waals surface area contributed by atoms with E-state index in [1.54, 1.807) is 35.3 Å². The number of nitrogen functional groups attached to an aromatic ring is 1. The summed E-state index contributed by atoms with van der Waals surface area (Å²) in [6.07, 6.45) is 3.23. The van der Waals surface area contributed by atoms with Gasteiger partial charge in [0.1, 0.15) is 0 Å². The number of rotatable bonds is 2. The molecule has 76 valence electrons. The summed E-state index contributed by atoms with van der Waals surface area (Å²) in [5.41, 5.74) is 12.2. The molecule has 1 aromatic carbocycles. The molecule has 0 aliphatic carbocycles. The van der Waals surface area contributed by atoms with Crippen molar-refractivity contribution in [2.75, 3.05) is 5.73 Å². The Hall–Kier alpha value is -2.37. The fourth-order valence-electron chi connectivity index (χ4n) is 1.26. The maximum atomic E-state index is 10.9. The minimum atomic E-state index is -0.544. The summed E-state index contributed by atoms with van der Waals surface area (Å²) in [4.78, 5) is 10.9. The molecule has 0 saturated heterocycles. The second-order valence-electron chi connectivity index (χ2n) is 2.98. The molecule has 4 N–H and O–H groups in total. The van der Waals surface area contributed by atoms with Crippen molar-refractivity contribution in [3.8, 4) is 5.69 Å². The molecule has 0 unspecified atom stereocenters. The Labute approximate surface area is 85.5 Å². The molecule has 0 bridgehead atoms. The van der Waals surface area contributed by atoms with Crippen LogP contribution in [0.3, 0.4) is 0 Å². The molecule has 2 aromatic rings. The monoisotopic (exact) mass is 203 g/mol. The van der Waals surface area contributed by atoms with Gasteiger partial charge in [-0.15, -0.1) is 5.10 Å². The van der Waals surface area contributed by atoms with E-state index >= 15 is 0 Å². The number of hydrogen-bond acceptors (Lipinski definition) is 4. The normalized spacial score (nSPS) is 10.1. The summed E-state index contributed by atoms with van der Waals surface area (Å²) in [5.74, 6) is -0.544. The van der Waals surface area contributed by atoms with Crippen molar-refractivity contribution in [2.45, 2.75) is 0 Å². The van der Waals surface area contributed by atoms with Gasteiger partial charge in [0.15, 0.2) is 0 Å². The predicted molar refractivity (Wildman–Crippen MR) is 54.3 cm³/mol. The SMILES string of the molecule is NC(=O)c1ccc(-n2ccnn2)cc1N. The molecule has 2 rings (SSSR count). The first-order chi connectivity index (χ1) is 7.18. The topological polar surface area (TPSA) is 99.8 Å². The first-order valence-corrected chi connectivity index (χ1v) is 4.24. The van der Waals surface area contributed by atoms with E-state index < -0.39 is 5.91 Å². The average Bonchev–Trinajstić information content (AvgIpc) is 2.69. The van der Waals surface area contributed by atoms with Crippen LogP contribution in [0.1, 0.15) is 10.4 Å². The Morgan fingerprint density at radius 2 is 2.20 bits per heavy atom. The van der Waals surface area contributed by atoms with Crippen molar-refractivity contribution in [2.24, 2.45) is 5.73 Å². The maximum absolute atomic E-state index is 10.9. The third kappa shape index (κ3) is 1.64. The van der Waals surface area contributed by atoms with Crippen LogP contribution in [0.25, 0.3) is 5.69 Å². The third-order valence-electron chi connectivity index (χ3n) is 1.99. The molecule has 1 aromatic heterocycles. The molecular weight excluding hydrogens is 194 g/mol. The van der Waals surface area contributed by atoms with Crippen LogP contribution >= 0.6 is 0 Å². The highest BCUT2D eigenvalue weighted by Gasteiger charge is 2.06. The molecule has 0 aliphatic heterocycles. The Bertz CT molecular complexity index is 491. The molecule has 1 amide bonds. The summed E-state index contributed by atoms with van der Waals surface area (Å²) in [6, 6.07) is 4.88. The lowest BCUT2D eigenvalue weighted by molar-refractivity contribution is 0.100. The number of amides is 1. The second kappa shape index (κ2) is 3.41. The molecule has 1 heterocycles. The van der Waals surface area contributed by atoms with Crippen LogP contribution in [-0.4, -0.2) is 20.9 Å². The zero-order valence-electron chi connectivity index (χ0n) is 7.79. The zero-order valence-corrected chi connectivity index (χ0v) is 7.79. The van der Waals surface area contributed by atoms with Crippen molar-refractivity contribution in [1.82, 2.24) is 15.0 Å². The van der Waals surface area contributed by atoms with E-state index in [0.717, 1.165) is 5.69 Å². The molecule has 6 heteroatoms. The molecule has 6 nitrogen and oxygen atoms in total. The largest absolute Gasteiger partial charge is 0.398 e. The van der Waals surface area contributed by atoms with E-state index in [-0.39, 0.29) is 0 Å². The number of hydrogen-bond donors (Lipinski definition) is 2. The van der Waals surface area contributed by atoms with Gasteiger partial charge in [-0.1, -0.05) is 5.21 Å². The fourth-order valence-corrected chi connectivity index (χ4v) is 1.26. The molecular formula is C9H9N5O. The lowest BCUT2D eigenvalue weighted by Gasteiger charge is -2.04. The van der Waals surface area contributed by atoms with E-state index in [0.29, 0.717) is 11.3 Å². The van der Waals surface area contributed by atoms with Crippen molar-refractivity contribution < 1.29 is 4.79 Å². The van der Waals surface area contributed by atoms with Crippen LogP contribution in [0.2, 0.25) is 0 Å². The smallest absolute Gasteiger partial charge is 0.250 e. The molecule has 0 aliphatic rings. The van der Waals surface area contributed by atoms with Gasteiger partial charge >= 0.3 is 0 Å². The van der Waals surface area contributed by atoms with Crippen LogP contribution < -0.4 is 11.5 Å².